The van der Waals surface area contributed by atoms with Crippen molar-refractivity contribution < 1.29 is 13.9 Å². The largest absolute Gasteiger partial charge is 0.435 e. The van der Waals surface area contributed by atoms with Gasteiger partial charge >= 0.3 is 0 Å². The zero-order valence-corrected chi connectivity index (χ0v) is 26.9. The molecular formula is C32H36FN6O2PS. The van der Waals surface area contributed by atoms with E-state index < -0.39 is 5.82 Å². The molecule has 3 aromatic heterocycles. The summed E-state index contributed by atoms with van der Waals surface area (Å²) in [5.74, 6) is -0.261. The van der Waals surface area contributed by atoms with Gasteiger partial charge in [-0.3, -0.25) is 4.79 Å². The maximum atomic E-state index is 14.2. The average molecular weight is 619 g/mol. The first-order valence-electron chi connectivity index (χ1n) is 14.0. The third-order valence-corrected chi connectivity index (χ3v) is 8.80. The number of anilines is 2. The monoisotopic (exact) mass is 618 g/mol. The molecule has 1 aliphatic carbocycles. The number of fused-ring (bicyclic) bond motifs is 1. The van der Waals surface area contributed by atoms with E-state index >= 15 is 0 Å². The second-order valence-corrected chi connectivity index (χ2v) is 12.4. The van der Waals surface area contributed by atoms with E-state index in [1.54, 1.807) is 18.2 Å². The van der Waals surface area contributed by atoms with Crippen molar-refractivity contribution in [2.45, 2.75) is 47.0 Å². The first kappa shape index (κ1) is 30.6. The number of nitrogens with one attached hydrogen (secondary N) is 2. The molecule has 0 aliphatic heterocycles. The van der Waals surface area contributed by atoms with Crippen LogP contribution in [0.5, 0.6) is 11.6 Å². The Bertz CT molecular complexity index is 1790. The van der Waals surface area contributed by atoms with Crippen molar-refractivity contribution in [2.75, 3.05) is 16.7 Å². The number of ether oxygens (including phenoxy) is 1. The van der Waals surface area contributed by atoms with Crippen LogP contribution in [0.1, 0.15) is 60.3 Å². The molecule has 0 spiro atoms. The summed E-state index contributed by atoms with van der Waals surface area (Å²) in [5.41, 5.74) is 12.0. The van der Waals surface area contributed by atoms with Crippen LogP contribution < -0.4 is 20.5 Å². The molecule has 0 saturated heterocycles. The smallest absolute Gasteiger partial charge is 0.219 e. The van der Waals surface area contributed by atoms with Gasteiger partial charge in [-0.25, -0.2) is 14.1 Å². The Morgan fingerprint density at radius 3 is 2.60 bits per heavy atom. The van der Waals surface area contributed by atoms with Crippen LogP contribution in [0.2, 0.25) is 0 Å². The van der Waals surface area contributed by atoms with Gasteiger partial charge in [0.2, 0.25) is 11.7 Å². The highest BCUT2D eigenvalue weighted by atomic mass is 32.2. The number of hydrogen-bond acceptors (Lipinski definition) is 7. The number of benzene rings is 2. The van der Waals surface area contributed by atoms with E-state index in [0.717, 1.165) is 33.1 Å². The van der Waals surface area contributed by atoms with Crippen LogP contribution in [-0.4, -0.2) is 31.8 Å². The fourth-order valence-corrected chi connectivity index (χ4v) is 5.36. The molecule has 4 N–H and O–H groups in total. The van der Waals surface area contributed by atoms with E-state index in [2.05, 4.69) is 42.9 Å². The van der Waals surface area contributed by atoms with E-state index in [-0.39, 0.29) is 28.8 Å². The Morgan fingerprint density at radius 2 is 1.98 bits per heavy atom. The molecule has 1 aliphatic rings. The number of nitrogens with two attached hydrogens (primary N) is 1. The van der Waals surface area contributed by atoms with Crippen LogP contribution in [0.3, 0.4) is 0 Å². The van der Waals surface area contributed by atoms with Crippen molar-refractivity contribution in [3.05, 3.63) is 83.1 Å². The maximum Gasteiger partial charge on any atom is 0.219 e. The number of rotatable bonds is 8. The van der Waals surface area contributed by atoms with Crippen molar-refractivity contribution in [2.24, 2.45) is 5.41 Å². The van der Waals surface area contributed by atoms with Crippen molar-refractivity contribution >= 4 is 54.7 Å². The Morgan fingerprint density at radius 1 is 1.21 bits per heavy atom. The maximum absolute atomic E-state index is 14.2. The second kappa shape index (κ2) is 12.4. The highest BCUT2D eigenvalue weighted by molar-refractivity contribution is 7.99. The second-order valence-electron chi connectivity index (χ2n) is 11.2. The Labute approximate surface area is 257 Å². The first-order chi connectivity index (χ1) is 20.5. The quantitative estimate of drug-likeness (QED) is 0.0938. The molecule has 6 rings (SSSR count). The number of ketones is 1. The van der Waals surface area contributed by atoms with Crippen LogP contribution in [0.15, 0.2) is 54.9 Å². The van der Waals surface area contributed by atoms with Crippen LogP contribution >= 0.6 is 21.2 Å². The highest BCUT2D eigenvalue weighted by Gasteiger charge is 2.34. The highest BCUT2D eigenvalue weighted by Crippen LogP contribution is 2.47. The van der Waals surface area contributed by atoms with Crippen molar-refractivity contribution in [3.8, 4) is 17.3 Å². The van der Waals surface area contributed by atoms with Crippen LogP contribution in [0.25, 0.3) is 16.6 Å². The summed E-state index contributed by atoms with van der Waals surface area (Å²) in [6.07, 6.45) is 9.26. The van der Waals surface area contributed by atoms with Gasteiger partial charge in [0.15, 0.2) is 11.6 Å². The van der Waals surface area contributed by atoms with E-state index in [1.165, 1.54) is 54.4 Å². The standard InChI is InChI=1S/C26H24FN6O2PS.C6H12/c1-13-7-15-9-20(31-19(15)10-18(13)32-37-3)24(34)16-11-30-33(26(16)28)21-12-29-23(8-14(21)2)35-25-17(27)5-4-6-22(25)36;1-3-6(2)4-5-6/h4-12,31-32H,28,36H2,1-3H3;3-5H2,1-2H3. The van der Waals surface area contributed by atoms with Crippen molar-refractivity contribution in [1.29, 1.82) is 0 Å². The minimum atomic E-state index is -0.487. The fraction of sp³-hybridized carbons (Fsp3) is 0.281. The Balaban J connectivity index is 0.000000548. The number of nitrogen functional groups attached to an aromatic ring is 1. The fourth-order valence-electron chi connectivity index (χ4n) is 4.61. The zero-order chi connectivity index (χ0) is 30.9. The molecule has 1 fully saturated rings. The zero-order valence-electron chi connectivity index (χ0n) is 24.9. The van der Waals surface area contributed by atoms with Gasteiger partial charge in [0.1, 0.15) is 5.82 Å². The lowest BCUT2D eigenvalue weighted by Crippen LogP contribution is -2.09. The number of aromatic nitrogens is 4. The predicted octanol–water partition coefficient (Wildman–Crippen LogP) is 7.50. The normalized spacial score (nSPS) is 13.4. The molecular weight excluding hydrogens is 582 g/mol. The number of carbonyl (C=O) groups is 1. The number of nitrogens with zero attached hydrogens (tertiary/aromatic N) is 3. The van der Waals surface area contributed by atoms with E-state index in [0.29, 0.717) is 16.7 Å². The van der Waals surface area contributed by atoms with Crippen molar-refractivity contribution in [1.82, 2.24) is 19.7 Å². The third kappa shape index (κ3) is 6.55. The van der Waals surface area contributed by atoms with E-state index in [9.17, 15) is 9.18 Å². The van der Waals surface area contributed by atoms with Crippen LogP contribution in [0, 0.1) is 25.1 Å². The summed E-state index contributed by atoms with van der Waals surface area (Å²) in [6.45, 7) is 8.47. The number of aryl methyl sites for hydroxylation is 2. The molecule has 3 heterocycles. The molecule has 43 heavy (non-hydrogen) atoms. The molecule has 0 radical (unpaired) electrons. The number of H-pyrrole nitrogens is 1. The summed E-state index contributed by atoms with van der Waals surface area (Å²) in [4.78, 5) is 20.8. The predicted molar refractivity (Wildman–Crippen MR) is 178 cm³/mol. The topological polar surface area (TPSA) is 111 Å². The Hall–Kier alpha value is -3.88. The lowest BCUT2D eigenvalue weighted by molar-refractivity contribution is 0.103. The van der Waals surface area contributed by atoms with Gasteiger partial charge < -0.3 is 20.2 Å². The lowest BCUT2D eigenvalue weighted by atomic mass is 10.1. The third-order valence-electron chi connectivity index (χ3n) is 7.92. The summed E-state index contributed by atoms with van der Waals surface area (Å²) in [5, 5.41) is 5.85. The number of aromatic amines is 1. The molecule has 8 nitrogen and oxygen atoms in total. The van der Waals surface area contributed by atoms with Gasteiger partial charge in [-0.2, -0.15) is 5.10 Å². The van der Waals surface area contributed by atoms with Crippen LogP contribution in [0.4, 0.5) is 15.9 Å². The minimum absolute atomic E-state index is 0.0866. The van der Waals surface area contributed by atoms with Crippen LogP contribution in [-0.2, 0) is 0 Å². The average Bonchev–Trinajstić information content (AvgIpc) is 3.40. The number of pyridine rings is 1. The van der Waals surface area contributed by atoms with Gasteiger partial charge in [-0.15, -0.1) is 9.24 Å². The summed E-state index contributed by atoms with van der Waals surface area (Å²) in [7, 11) is 2.44. The SMILES string of the molecule is CCC1(C)CC1.CSNc1cc2[nH]c(C(=O)c3cnn(-c4cnc(Oc5c(F)cccc5P)cc4C)c3N)cc2cc1C. The number of halogens is 1. The van der Waals surface area contributed by atoms with Gasteiger partial charge in [0.25, 0.3) is 0 Å². The summed E-state index contributed by atoms with van der Waals surface area (Å²) >= 11 is 1.50. The lowest BCUT2D eigenvalue weighted by Gasteiger charge is -2.12. The van der Waals surface area contributed by atoms with Gasteiger partial charge in [-0.1, -0.05) is 44.3 Å². The molecule has 5 aromatic rings. The molecule has 11 heteroatoms. The number of para-hydroxylation sites is 1. The summed E-state index contributed by atoms with van der Waals surface area (Å²) < 4.78 is 24.5. The van der Waals surface area contributed by atoms with Gasteiger partial charge in [0.05, 0.1) is 29.3 Å². The number of hydrogen-bond donors (Lipinski definition) is 3. The molecule has 2 aromatic carbocycles. The minimum Gasteiger partial charge on any atom is -0.435 e. The first-order valence-corrected chi connectivity index (χ1v) is 15.8. The molecule has 1 atom stereocenters. The molecule has 1 unspecified atom stereocenters. The molecule has 0 amide bonds. The summed E-state index contributed by atoms with van der Waals surface area (Å²) in [6, 6.07) is 12.1. The molecule has 1 saturated carbocycles. The molecule has 0 bridgehead atoms. The van der Waals surface area contributed by atoms with E-state index in [1.807, 2.05) is 38.3 Å². The number of carbonyl (C=O) groups excluding carboxylic acids is 1. The van der Waals surface area contributed by atoms with E-state index in [4.69, 9.17) is 10.5 Å². The molecule has 224 valence electrons. The van der Waals surface area contributed by atoms with Gasteiger partial charge in [-0.05, 0) is 67.5 Å². The Kier molecular flexibility index (Phi) is 8.81. The van der Waals surface area contributed by atoms with Gasteiger partial charge in [0, 0.05) is 34.2 Å². The van der Waals surface area contributed by atoms with Crippen molar-refractivity contribution in [3.63, 3.8) is 0 Å².